The van der Waals surface area contributed by atoms with E-state index in [-0.39, 0.29) is 0 Å². The van der Waals surface area contributed by atoms with Crippen molar-refractivity contribution in [1.29, 1.82) is 0 Å². The molecule has 0 saturated heterocycles. The maximum atomic E-state index is 5.10. The van der Waals surface area contributed by atoms with Crippen molar-refractivity contribution in [3.05, 3.63) is 54.4 Å². The van der Waals surface area contributed by atoms with Crippen LogP contribution in [0.5, 0.6) is 0 Å². The Morgan fingerprint density at radius 1 is 1.25 bits per heavy atom. The highest BCUT2D eigenvalue weighted by molar-refractivity contribution is 7.58. The highest BCUT2D eigenvalue weighted by atomic mass is 32.1. The van der Waals surface area contributed by atoms with Crippen LogP contribution in [0, 0.1) is 0 Å². The van der Waals surface area contributed by atoms with Crippen LogP contribution in [0.4, 0.5) is 0 Å². The number of hydrogen-bond acceptors (Lipinski definition) is 3. The van der Waals surface area contributed by atoms with Gasteiger partial charge in [-0.3, -0.25) is 0 Å². The molecule has 0 aliphatic rings. The van der Waals surface area contributed by atoms with Crippen LogP contribution in [-0.4, -0.2) is 14.8 Å². The first-order valence-electron chi connectivity index (χ1n) is 5.05. The molecule has 0 radical (unpaired) electrons. The Balaban J connectivity index is 2.24. The lowest BCUT2D eigenvalue weighted by atomic mass is 10.1. The zero-order valence-corrected chi connectivity index (χ0v) is 9.65. The summed E-state index contributed by atoms with van der Waals surface area (Å²) in [7, 11) is 0. The highest BCUT2D eigenvalue weighted by Crippen LogP contribution is 2.09. The molecule has 3 nitrogen and oxygen atoms in total. The number of hydrogen-bond donors (Lipinski definition) is 0. The molecule has 4 heteroatoms. The minimum absolute atomic E-state index is 0.519. The first kappa shape index (κ1) is 10.8. The van der Waals surface area contributed by atoms with Crippen LogP contribution in [0.3, 0.4) is 0 Å². The molecule has 2 rings (SSSR count). The normalized spacial score (nSPS) is 10.2. The molecule has 1 aromatic heterocycles. The van der Waals surface area contributed by atoms with Gasteiger partial charge < -0.3 is 17.2 Å². The summed E-state index contributed by atoms with van der Waals surface area (Å²) < 4.78 is 1.90. The summed E-state index contributed by atoms with van der Waals surface area (Å²) in [4.78, 5) is 0. The van der Waals surface area contributed by atoms with E-state index < -0.39 is 0 Å². The molecule has 0 unspecified atom stereocenters. The molecule has 0 bridgehead atoms. The van der Waals surface area contributed by atoms with E-state index in [4.69, 9.17) is 12.6 Å². The van der Waals surface area contributed by atoms with E-state index >= 15 is 0 Å². The van der Waals surface area contributed by atoms with Crippen molar-refractivity contribution >= 4 is 12.6 Å². The fraction of sp³-hybridized carbons (Fsp3) is 0.167. The van der Waals surface area contributed by atoms with Gasteiger partial charge in [-0.25, -0.2) is 0 Å². The molecular formula is C12H12N3S-. The lowest BCUT2D eigenvalue weighted by molar-refractivity contribution is 0.692. The Morgan fingerprint density at radius 3 is 2.69 bits per heavy atom. The molecule has 0 saturated carbocycles. The maximum Gasteiger partial charge on any atom is 0.136 e. The number of nitrogens with zero attached hydrogens (tertiary/aromatic N) is 3. The molecule has 0 amide bonds. The Labute approximate surface area is 100 Å². The number of aromatic nitrogens is 3. The number of benzene rings is 1. The van der Waals surface area contributed by atoms with E-state index in [0.717, 1.165) is 12.2 Å². The maximum absolute atomic E-state index is 5.10. The second-order valence-corrected chi connectivity index (χ2v) is 3.83. The van der Waals surface area contributed by atoms with E-state index in [1.807, 2.05) is 22.8 Å². The van der Waals surface area contributed by atoms with Gasteiger partial charge in [-0.05, 0) is 5.56 Å². The van der Waals surface area contributed by atoms with Gasteiger partial charge in [0.25, 0.3) is 0 Å². The van der Waals surface area contributed by atoms with Crippen LogP contribution < -0.4 is 0 Å². The van der Waals surface area contributed by atoms with Gasteiger partial charge >= 0.3 is 0 Å². The molecule has 1 heterocycles. The average molecular weight is 230 g/mol. The lowest BCUT2D eigenvalue weighted by Crippen LogP contribution is -2.04. The lowest BCUT2D eigenvalue weighted by Gasteiger charge is -2.10. The van der Waals surface area contributed by atoms with E-state index in [1.54, 1.807) is 6.08 Å². The van der Waals surface area contributed by atoms with Gasteiger partial charge in [0.2, 0.25) is 0 Å². The van der Waals surface area contributed by atoms with Crippen molar-refractivity contribution in [3.63, 3.8) is 0 Å². The standard InChI is InChI=1S/C12H13N3S/c1-2-8-15-11(13-14-12(15)16)9-10-6-4-3-5-7-10/h2-7H,1,8-9H2,(H,14,16)/p-1. The van der Waals surface area contributed by atoms with Crippen molar-refractivity contribution < 1.29 is 0 Å². The summed E-state index contributed by atoms with van der Waals surface area (Å²) in [6, 6.07) is 10.2. The molecule has 16 heavy (non-hydrogen) atoms. The summed E-state index contributed by atoms with van der Waals surface area (Å²) in [5.41, 5.74) is 1.20. The summed E-state index contributed by atoms with van der Waals surface area (Å²) in [5.74, 6) is 0.885. The van der Waals surface area contributed by atoms with Gasteiger partial charge in [-0.2, -0.15) is 5.10 Å². The zero-order chi connectivity index (χ0) is 11.4. The van der Waals surface area contributed by atoms with Gasteiger partial charge in [0.05, 0.1) is 0 Å². The monoisotopic (exact) mass is 230 g/mol. The van der Waals surface area contributed by atoms with E-state index in [1.165, 1.54) is 5.56 Å². The van der Waals surface area contributed by atoms with Crippen LogP contribution in [0.15, 0.2) is 48.1 Å². The van der Waals surface area contributed by atoms with Gasteiger partial charge in [0.15, 0.2) is 0 Å². The summed E-state index contributed by atoms with van der Waals surface area (Å²) in [6.45, 7) is 4.36. The SMILES string of the molecule is C=CCn1c([S-])nnc1Cc1ccccc1. The van der Waals surface area contributed by atoms with Crippen LogP contribution in [0.25, 0.3) is 0 Å². The summed E-state index contributed by atoms with van der Waals surface area (Å²) >= 11 is 5.10. The fourth-order valence-corrected chi connectivity index (χ4v) is 1.76. The van der Waals surface area contributed by atoms with Crippen LogP contribution in [0.2, 0.25) is 0 Å². The van der Waals surface area contributed by atoms with Crippen molar-refractivity contribution in [2.75, 3.05) is 0 Å². The Morgan fingerprint density at radius 2 is 2.00 bits per heavy atom. The minimum atomic E-state index is 0.519. The van der Waals surface area contributed by atoms with Crippen molar-refractivity contribution in [2.24, 2.45) is 0 Å². The Bertz CT molecular complexity index is 476. The van der Waals surface area contributed by atoms with E-state index in [9.17, 15) is 0 Å². The quantitative estimate of drug-likeness (QED) is 0.594. The third-order valence-electron chi connectivity index (χ3n) is 2.31. The molecule has 82 valence electrons. The smallest absolute Gasteiger partial charge is 0.136 e. The third-order valence-corrected chi connectivity index (χ3v) is 2.61. The molecule has 1 aromatic carbocycles. The first-order valence-corrected chi connectivity index (χ1v) is 5.46. The number of allylic oxidation sites excluding steroid dienone is 1. The van der Waals surface area contributed by atoms with Gasteiger partial charge in [-0.1, -0.05) is 36.4 Å². The average Bonchev–Trinajstić information content (AvgIpc) is 2.64. The second-order valence-electron chi connectivity index (χ2n) is 3.46. The van der Waals surface area contributed by atoms with E-state index in [2.05, 4.69) is 28.9 Å². The van der Waals surface area contributed by atoms with Crippen molar-refractivity contribution in [2.45, 2.75) is 18.1 Å². The topological polar surface area (TPSA) is 30.7 Å². The Kier molecular flexibility index (Phi) is 3.31. The Hall–Kier alpha value is -1.68. The molecular weight excluding hydrogens is 218 g/mol. The molecule has 0 fully saturated rings. The van der Waals surface area contributed by atoms with Crippen molar-refractivity contribution in [3.8, 4) is 0 Å². The fourth-order valence-electron chi connectivity index (χ4n) is 1.54. The minimum Gasteiger partial charge on any atom is -0.740 e. The summed E-state index contributed by atoms with van der Waals surface area (Å²) in [5, 5.41) is 8.52. The van der Waals surface area contributed by atoms with Gasteiger partial charge in [0, 0.05) is 18.1 Å². The molecule has 2 aromatic rings. The molecule has 0 N–H and O–H groups in total. The van der Waals surface area contributed by atoms with Crippen molar-refractivity contribution in [1.82, 2.24) is 14.8 Å². The van der Waals surface area contributed by atoms with Gasteiger partial charge in [-0.15, -0.1) is 11.7 Å². The largest absolute Gasteiger partial charge is 0.740 e. The van der Waals surface area contributed by atoms with Crippen LogP contribution in [-0.2, 0) is 25.6 Å². The molecule has 0 atom stereocenters. The predicted molar refractivity (Wildman–Crippen MR) is 65.1 cm³/mol. The predicted octanol–water partition coefficient (Wildman–Crippen LogP) is 1.96. The van der Waals surface area contributed by atoms with Crippen LogP contribution in [0.1, 0.15) is 11.4 Å². The second kappa shape index (κ2) is 4.90. The zero-order valence-electron chi connectivity index (χ0n) is 8.84. The molecule has 0 spiro atoms. The van der Waals surface area contributed by atoms with Gasteiger partial charge in [0.1, 0.15) is 5.82 Å². The summed E-state index contributed by atoms with van der Waals surface area (Å²) in [6.07, 6.45) is 2.55. The highest BCUT2D eigenvalue weighted by Gasteiger charge is 2.04. The molecule has 0 aliphatic carbocycles. The van der Waals surface area contributed by atoms with Crippen LogP contribution >= 0.6 is 0 Å². The number of rotatable bonds is 4. The first-order chi connectivity index (χ1) is 7.81. The third kappa shape index (κ3) is 2.28. The molecule has 0 aliphatic heterocycles. The van der Waals surface area contributed by atoms with E-state index in [0.29, 0.717) is 11.7 Å².